The van der Waals surface area contributed by atoms with Crippen LogP contribution in [-0.2, 0) is 16.1 Å². The van der Waals surface area contributed by atoms with E-state index in [9.17, 15) is 0 Å². The number of nitrogens with zero attached hydrogens (tertiary/aromatic N) is 4. The van der Waals surface area contributed by atoms with E-state index in [-0.39, 0.29) is 0 Å². The predicted molar refractivity (Wildman–Crippen MR) is 92.1 cm³/mol. The molecule has 2 aromatic rings. The number of hydrogen-bond acceptors (Lipinski definition) is 7. The first-order valence-corrected chi connectivity index (χ1v) is 9.24. The average molecular weight is 346 g/mol. The van der Waals surface area contributed by atoms with Crippen molar-refractivity contribution in [3.63, 3.8) is 0 Å². The Bertz CT molecular complexity index is 666. The highest BCUT2D eigenvalue weighted by atomic mass is 32.1. The lowest BCUT2D eigenvalue weighted by atomic mass is 9.91. The summed E-state index contributed by atoms with van der Waals surface area (Å²) in [5.41, 5.74) is 1.17. The zero-order chi connectivity index (χ0) is 16.4. The number of rotatable bonds is 6. The van der Waals surface area contributed by atoms with Crippen molar-refractivity contribution in [3.8, 4) is 0 Å². The van der Waals surface area contributed by atoms with E-state index in [1.54, 1.807) is 23.7 Å². The topological polar surface area (TPSA) is 60.4 Å². The average Bonchev–Trinajstić information content (AvgIpc) is 3.28. The highest BCUT2D eigenvalue weighted by molar-refractivity contribution is 7.15. The van der Waals surface area contributed by atoms with Crippen LogP contribution in [-0.4, -0.2) is 47.6 Å². The molecule has 0 aliphatic carbocycles. The third-order valence-electron chi connectivity index (χ3n) is 4.88. The van der Waals surface area contributed by atoms with Crippen LogP contribution in [0.4, 0.5) is 5.13 Å². The Labute approximate surface area is 145 Å². The summed E-state index contributed by atoms with van der Waals surface area (Å²) in [6.45, 7) is 6.24. The Hall–Kier alpha value is -1.57. The lowest BCUT2D eigenvalue weighted by Gasteiger charge is -2.18. The molecule has 0 spiro atoms. The summed E-state index contributed by atoms with van der Waals surface area (Å²) >= 11 is 1.66. The van der Waals surface area contributed by atoms with Gasteiger partial charge >= 0.3 is 0 Å². The fourth-order valence-electron chi connectivity index (χ4n) is 3.57. The molecule has 7 heteroatoms. The zero-order valence-electron chi connectivity index (χ0n) is 13.8. The third-order valence-corrected chi connectivity index (χ3v) is 5.78. The van der Waals surface area contributed by atoms with Gasteiger partial charge in [0.1, 0.15) is 5.01 Å². The van der Waals surface area contributed by atoms with Crippen molar-refractivity contribution in [2.45, 2.75) is 26.1 Å². The highest BCUT2D eigenvalue weighted by Gasteiger charge is 2.44. The second-order valence-electron chi connectivity index (χ2n) is 6.50. The monoisotopic (exact) mass is 346 g/mol. The predicted octanol–water partition coefficient (Wildman–Crippen LogP) is 2.30. The van der Waals surface area contributed by atoms with E-state index in [1.807, 2.05) is 19.1 Å². The van der Waals surface area contributed by atoms with Gasteiger partial charge in [0.05, 0.1) is 19.3 Å². The Balaban J connectivity index is 1.25. The molecule has 2 fully saturated rings. The van der Waals surface area contributed by atoms with Crippen molar-refractivity contribution in [3.05, 3.63) is 35.1 Å². The molecule has 0 N–H and O–H groups in total. The standard InChI is InChI=1S/C17H22N4O2S/c1-12-19-20-17(24-12)21-8-15-14(11-23-16(15)9-21)4-7-22-10-13-2-5-18-6-3-13/h2-3,5-6,14-16H,4,7-11H2,1H3/t14-,15-,16-/m0/s1. The molecule has 0 aromatic carbocycles. The lowest BCUT2D eigenvalue weighted by Crippen LogP contribution is -2.24. The molecule has 6 nitrogen and oxygen atoms in total. The van der Waals surface area contributed by atoms with Crippen molar-refractivity contribution in [2.24, 2.45) is 11.8 Å². The number of fused-ring (bicyclic) bond motifs is 1. The lowest BCUT2D eigenvalue weighted by molar-refractivity contribution is 0.0940. The first-order valence-electron chi connectivity index (χ1n) is 8.43. The number of pyridine rings is 1. The number of ether oxygens (including phenoxy) is 2. The second kappa shape index (κ2) is 7.13. The van der Waals surface area contributed by atoms with Gasteiger partial charge in [-0.2, -0.15) is 0 Å². The molecule has 0 radical (unpaired) electrons. The summed E-state index contributed by atoms with van der Waals surface area (Å²) in [6.07, 6.45) is 4.99. The minimum atomic E-state index is 0.333. The van der Waals surface area contributed by atoms with E-state index in [1.165, 1.54) is 5.56 Å². The van der Waals surface area contributed by atoms with E-state index in [0.717, 1.165) is 42.9 Å². The van der Waals surface area contributed by atoms with E-state index in [0.29, 0.717) is 24.5 Å². The van der Waals surface area contributed by atoms with Gasteiger partial charge in [0.2, 0.25) is 5.13 Å². The van der Waals surface area contributed by atoms with Crippen LogP contribution in [0.5, 0.6) is 0 Å². The van der Waals surface area contributed by atoms with Gasteiger partial charge in [0, 0.05) is 38.0 Å². The minimum absolute atomic E-state index is 0.333. The van der Waals surface area contributed by atoms with Crippen LogP contribution in [0, 0.1) is 18.8 Å². The molecular formula is C17H22N4O2S. The van der Waals surface area contributed by atoms with Crippen molar-refractivity contribution in [2.75, 3.05) is 31.2 Å². The first kappa shape index (κ1) is 15.9. The van der Waals surface area contributed by atoms with Crippen molar-refractivity contribution in [1.82, 2.24) is 15.2 Å². The molecule has 24 heavy (non-hydrogen) atoms. The molecule has 4 heterocycles. The minimum Gasteiger partial charge on any atom is -0.377 e. The molecule has 4 rings (SSSR count). The van der Waals surface area contributed by atoms with E-state index >= 15 is 0 Å². The van der Waals surface area contributed by atoms with Crippen LogP contribution in [0.2, 0.25) is 0 Å². The summed E-state index contributed by atoms with van der Waals surface area (Å²) in [5, 5.41) is 10.4. The molecular weight excluding hydrogens is 324 g/mol. The Morgan fingerprint density at radius 2 is 2.17 bits per heavy atom. The summed E-state index contributed by atoms with van der Waals surface area (Å²) in [4.78, 5) is 6.34. The van der Waals surface area contributed by atoms with E-state index < -0.39 is 0 Å². The second-order valence-corrected chi connectivity index (χ2v) is 7.66. The van der Waals surface area contributed by atoms with Gasteiger partial charge in [-0.05, 0) is 37.0 Å². The van der Waals surface area contributed by atoms with Gasteiger partial charge in [0.25, 0.3) is 0 Å². The Kier molecular flexibility index (Phi) is 4.73. The number of aryl methyl sites for hydroxylation is 1. The summed E-state index contributed by atoms with van der Waals surface area (Å²) in [7, 11) is 0. The zero-order valence-corrected chi connectivity index (χ0v) is 14.6. The van der Waals surface area contributed by atoms with Gasteiger partial charge in [-0.15, -0.1) is 10.2 Å². The smallest absolute Gasteiger partial charge is 0.208 e. The normalized spacial score (nSPS) is 26.0. The Morgan fingerprint density at radius 3 is 2.96 bits per heavy atom. The van der Waals surface area contributed by atoms with Crippen LogP contribution >= 0.6 is 11.3 Å². The molecule has 2 aliphatic rings. The first-order chi connectivity index (χ1) is 11.8. The molecule has 0 bridgehead atoms. The highest BCUT2D eigenvalue weighted by Crippen LogP contribution is 2.38. The maximum Gasteiger partial charge on any atom is 0.208 e. The van der Waals surface area contributed by atoms with E-state index in [2.05, 4.69) is 20.1 Å². The molecule has 0 unspecified atom stereocenters. The summed E-state index contributed by atoms with van der Waals surface area (Å²) in [5.74, 6) is 1.16. The van der Waals surface area contributed by atoms with Crippen molar-refractivity contribution >= 4 is 16.5 Å². The molecule has 0 amide bonds. The molecule has 2 aliphatic heterocycles. The van der Waals surface area contributed by atoms with Crippen LogP contribution < -0.4 is 4.90 Å². The number of aromatic nitrogens is 3. The third kappa shape index (κ3) is 3.43. The SMILES string of the molecule is Cc1nnc(N2C[C@H]3[C@@H](CCOCc4ccncc4)CO[C@H]3C2)s1. The van der Waals surface area contributed by atoms with Gasteiger partial charge in [-0.1, -0.05) is 11.3 Å². The van der Waals surface area contributed by atoms with Crippen LogP contribution in [0.15, 0.2) is 24.5 Å². The molecule has 0 saturated carbocycles. The van der Waals surface area contributed by atoms with Crippen LogP contribution in [0.1, 0.15) is 17.0 Å². The van der Waals surface area contributed by atoms with Gasteiger partial charge < -0.3 is 14.4 Å². The molecule has 128 valence electrons. The largest absolute Gasteiger partial charge is 0.377 e. The maximum absolute atomic E-state index is 6.01. The van der Waals surface area contributed by atoms with Gasteiger partial charge in [-0.25, -0.2) is 0 Å². The van der Waals surface area contributed by atoms with E-state index in [4.69, 9.17) is 9.47 Å². The fraction of sp³-hybridized carbons (Fsp3) is 0.588. The number of hydrogen-bond donors (Lipinski definition) is 0. The van der Waals surface area contributed by atoms with Gasteiger partial charge in [0.15, 0.2) is 0 Å². The van der Waals surface area contributed by atoms with Gasteiger partial charge in [-0.3, -0.25) is 4.98 Å². The fourth-order valence-corrected chi connectivity index (χ4v) is 4.28. The van der Waals surface area contributed by atoms with Crippen LogP contribution in [0.3, 0.4) is 0 Å². The molecule has 2 aromatic heterocycles. The summed E-state index contributed by atoms with van der Waals surface area (Å²) < 4.78 is 11.8. The van der Waals surface area contributed by atoms with Crippen molar-refractivity contribution in [1.29, 1.82) is 0 Å². The molecule has 3 atom stereocenters. The van der Waals surface area contributed by atoms with Crippen LogP contribution in [0.25, 0.3) is 0 Å². The Morgan fingerprint density at radius 1 is 1.29 bits per heavy atom. The maximum atomic E-state index is 6.01. The quantitative estimate of drug-likeness (QED) is 0.748. The van der Waals surface area contributed by atoms with Crippen molar-refractivity contribution < 1.29 is 9.47 Å². The number of anilines is 1. The summed E-state index contributed by atoms with van der Waals surface area (Å²) in [6, 6.07) is 3.99. The molecule has 2 saturated heterocycles.